The van der Waals surface area contributed by atoms with Crippen LogP contribution in [0.3, 0.4) is 0 Å². The Hall–Kier alpha value is -1.20. The monoisotopic (exact) mass is 832 g/mol. The third-order valence-electron chi connectivity index (χ3n) is 12.3. The summed E-state index contributed by atoms with van der Waals surface area (Å²) in [5.74, 6) is -0.0689. The van der Waals surface area contributed by atoms with Crippen molar-refractivity contribution in [2.75, 3.05) is 39.9 Å². The number of methoxy groups -OCH3 is 2. The number of allylic oxidation sites excluding steroid dienone is 3. The maximum absolute atomic E-state index is 11.7. The molecule has 0 amide bonds. The van der Waals surface area contributed by atoms with E-state index in [4.69, 9.17) is 36.8 Å². The van der Waals surface area contributed by atoms with E-state index in [9.17, 15) is 16.8 Å². The minimum Gasteiger partial charge on any atom is -0.378 e. The van der Waals surface area contributed by atoms with Gasteiger partial charge in [-0.3, -0.25) is 8.37 Å². The van der Waals surface area contributed by atoms with Crippen LogP contribution in [0.4, 0.5) is 0 Å². The number of rotatable bonds is 18. The highest BCUT2D eigenvalue weighted by atomic mass is 32.2. The molecule has 4 aliphatic heterocycles. The van der Waals surface area contributed by atoms with Gasteiger partial charge in [-0.15, -0.1) is 6.58 Å². The van der Waals surface area contributed by atoms with Gasteiger partial charge >= 0.3 is 0 Å². The summed E-state index contributed by atoms with van der Waals surface area (Å²) in [6.45, 7) is 17.6. The molecule has 0 bridgehead atoms. The standard InChI is InChI=1S/C19H32O6S.C17H28O6S.C6H12/c1-5-6-7-8-9-10-15-18(2,24-15)17-16(22-3)14(25-26(4,20)21)11-12-19(17)13-23-19;1-11(2)6-7-13-16(3,22-13)15-14(20-4)12(23-24(5,18)19)8-9-17(15)10-21-17;1-3-5-6-4-2/h8-9,14-17H,5-7,10-13H2,1-4H3;6,12-15H,7-10H2,1-5H3;3H,1,4-6H2,2H3/b9-8+;;/t14-,15-,16-,17-,18+,19+;12-,13-,14-,15-,16+,17+;/m11./s1. The van der Waals surface area contributed by atoms with Crippen LogP contribution in [-0.4, -0.2) is 116 Å². The van der Waals surface area contributed by atoms with Gasteiger partial charge in [0.1, 0.15) is 23.4 Å². The summed E-state index contributed by atoms with van der Waals surface area (Å²) in [5.41, 5.74) is 0.00417. The minimum absolute atomic E-state index is 0.0328. The van der Waals surface area contributed by atoms with Gasteiger partial charge in [0.2, 0.25) is 0 Å². The normalized spacial score (nSPS) is 39.6. The van der Waals surface area contributed by atoms with Crippen LogP contribution >= 0.6 is 0 Å². The van der Waals surface area contributed by atoms with E-state index in [1.165, 1.54) is 37.7 Å². The van der Waals surface area contributed by atoms with Gasteiger partial charge in [0, 0.05) is 14.2 Å². The number of epoxide rings is 4. The van der Waals surface area contributed by atoms with E-state index in [2.05, 4.69) is 66.3 Å². The van der Waals surface area contributed by atoms with E-state index >= 15 is 0 Å². The summed E-state index contributed by atoms with van der Waals surface area (Å²) in [5, 5.41) is 0. The van der Waals surface area contributed by atoms with E-state index in [-0.39, 0.29) is 58.7 Å². The van der Waals surface area contributed by atoms with Gasteiger partial charge < -0.3 is 28.4 Å². The van der Waals surface area contributed by atoms with Gasteiger partial charge in [0.15, 0.2) is 0 Å². The van der Waals surface area contributed by atoms with Gasteiger partial charge in [0.25, 0.3) is 20.2 Å². The Labute approximate surface area is 338 Å². The molecule has 6 rings (SSSR count). The number of hydrogen-bond acceptors (Lipinski definition) is 12. The molecule has 324 valence electrons. The van der Waals surface area contributed by atoms with Crippen LogP contribution in [0.25, 0.3) is 0 Å². The molecule has 0 N–H and O–H groups in total. The molecule has 2 aliphatic carbocycles. The van der Waals surface area contributed by atoms with Crippen molar-refractivity contribution >= 4 is 20.2 Å². The smallest absolute Gasteiger partial charge is 0.264 e. The van der Waals surface area contributed by atoms with E-state index in [1.807, 2.05) is 6.08 Å². The van der Waals surface area contributed by atoms with Crippen LogP contribution in [-0.2, 0) is 57.0 Å². The first-order valence-electron chi connectivity index (χ1n) is 20.6. The van der Waals surface area contributed by atoms with Crippen LogP contribution in [0.1, 0.15) is 119 Å². The largest absolute Gasteiger partial charge is 0.378 e. The van der Waals surface area contributed by atoms with Crippen molar-refractivity contribution in [3.05, 3.63) is 36.5 Å². The maximum atomic E-state index is 11.7. The molecule has 6 aliphatic rings. The lowest BCUT2D eigenvalue weighted by Crippen LogP contribution is -2.55. The maximum Gasteiger partial charge on any atom is 0.264 e. The minimum atomic E-state index is -3.54. The topological polar surface area (TPSA) is 155 Å². The predicted molar refractivity (Wildman–Crippen MR) is 217 cm³/mol. The van der Waals surface area contributed by atoms with E-state index in [0.29, 0.717) is 26.1 Å². The quantitative estimate of drug-likeness (QED) is 0.0593. The third-order valence-corrected chi connectivity index (χ3v) is 13.5. The summed E-state index contributed by atoms with van der Waals surface area (Å²) < 4.78 is 92.5. The van der Waals surface area contributed by atoms with Crippen LogP contribution in [0.15, 0.2) is 36.5 Å². The van der Waals surface area contributed by atoms with Gasteiger partial charge in [-0.25, -0.2) is 0 Å². The lowest BCUT2D eigenvalue weighted by atomic mass is 9.68. The Kier molecular flexibility index (Phi) is 16.5. The Morgan fingerprint density at radius 2 is 1.16 bits per heavy atom. The summed E-state index contributed by atoms with van der Waals surface area (Å²) in [4.78, 5) is 0. The number of ether oxygens (including phenoxy) is 6. The van der Waals surface area contributed by atoms with Crippen LogP contribution in [0.5, 0.6) is 0 Å². The molecule has 0 unspecified atom stereocenters. The van der Waals surface area contributed by atoms with Crippen molar-refractivity contribution in [2.24, 2.45) is 11.8 Å². The van der Waals surface area contributed by atoms with Gasteiger partial charge in [-0.05, 0) is 79.1 Å². The second-order valence-electron chi connectivity index (χ2n) is 17.2. The molecule has 0 aromatic heterocycles. The number of unbranched alkanes of at least 4 members (excludes halogenated alkanes) is 4. The van der Waals surface area contributed by atoms with Crippen molar-refractivity contribution in [2.45, 2.75) is 178 Å². The molecule has 4 heterocycles. The first-order chi connectivity index (χ1) is 26.3. The van der Waals surface area contributed by atoms with Crippen molar-refractivity contribution in [3.63, 3.8) is 0 Å². The Morgan fingerprint density at radius 1 is 0.732 bits per heavy atom. The van der Waals surface area contributed by atoms with Gasteiger partial charge in [-0.1, -0.05) is 69.4 Å². The van der Waals surface area contributed by atoms with Gasteiger partial charge in [0.05, 0.1) is 73.2 Å². The lowest BCUT2D eigenvalue weighted by molar-refractivity contribution is -0.105. The average molecular weight is 833 g/mol. The lowest BCUT2D eigenvalue weighted by Gasteiger charge is -2.42. The third kappa shape index (κ3) is 12.2. The predicted octanol–water partition coefficient (Wildman–Crippen LogP) is 7.22. The Morgan fingerprint density at radius 3 is 1.50 bits per heavy atom. The fraction of sp³-hybridized carbons (Fsp3) is 0.857. The van der Waals surface area contributed by atoms with Crippen molar-refractivity contribution in [1.29, 1.82) is 0 Å². The molecule has 0 aromatic carbocycles. The Balaban J connectivity index is 0.000000218. The highest BCUT2D eigenvalue weighted by Crippen LogP contribution is 2.61. The zero-order valence-electron chi connectivity index (χ0n) is 35.8. The van der Waals surface area contributed by atoms with Crippen molar-refractivity contribution in [3.8, 4) is 0 Å². The zero-order valence-corrected chi connectivity index (χ0v) is 37.4. The second kappa shape index (κ2) is 19.5. The summed E-state index contributed by atoms with van der Waals surface area (Å²) in [6.07, 6.45) is 21.0. The molecule has 2 spiro atoms. The molecule has 0 radical (unpaired) electrons. The molecule has 14 heteroatoms. The molecule has 0 aromatic rings. The average Bonchev–Trinajstić information content (AvgIpc) is 3.99. The molecule has 4 saturated heterocycles. The molecular weight excluding hydrogens is 761 g/mol. The number of hydrogen-bond donors (Lipinski definition) is 0. The Bertz CT molecular complexity index is 1560. The van der Waals surface area contributed by atoms with E-state index < -0.39 is 32.4 Å². The second-order valence-corrected chi connectivity index (χ2v) is 20.4. The molecule has 12 nitrogen and oxygen atoms in total. The highest BCUT2D eigenvalue weighted by molar-refractivity contribution is 7.86. The van der Waals surface area contributed by atoms with E-state index in [0.717, 1.165) is 44.6 Å². The summed E-state index contributed by atoms with van der Waals surface area (Å²) in [6, 6.07) is 0. The summed E-state index contributed by atoms with van der Waals surface area (Å²) in [7, 11) is -3.86. The highest BCUT2D eigenvalue weighted by Gasteiger charge is 2.73. The zero-order chi connectivity index (χ0) is 41.6. The fourth-order valence-corrected chi connectivity index (χ4v) is 10.5. The van der Waals surface area contributed by atoms with Crippen LogP contribution in [0.2, 0.25) is 0 Å². The van der Waals surface area contributed by atoms with Crippen molar-refractivity contribution < 1.29 is 53.6 Å². The molecular formula is C42H72O12S2. The molecule has 2 saturated carbocycles. The van der Waals surface area contributed by atoms with Crippen LogP contribution < -0.4 is 0 Å². The van der Waals surface area contributed by atoms with E-state index in [1.54, 1.807) is 14.2 Å². The first kappa shape index (κ1) is 47.5. The fourth-order valence-electron chi connectivity index (χ4n) is 9.21. The molecule has 6 fully saturated rings. The summed E-state index contributed by atoms with van der Waals surface area (Å²) >= 11 is 0. The first-order valence-corrected chi connectivity index (χ1v) is 24.3. The van der Waals surface area contributed by atoms with Crippen LogP contribution in [0, 0.1) is 11.8 Å². The molecule has 12 atom stereocenters. The van der Waals surface area contributed by atoms with Crippen molar-refractivity contribution in [1.82, 2.24) is 0 Å². The van der Waals surface area contributed by atoms with Gasteiger partial charge in [-0.2, -0.15) is 16.8 Å². The molecule has 56 heavy (non-hydrogen) atoms. The SMILES string of the molecule is C=CCCCC.CCCC/C=C/C[C@H]1O[C@]1(C)[C@H]1[C@H](OC)[C@H](OS(C)(=O)=O)CC[C@]12CO2.CO[C@@H]1[C@H](OS(C)(=O)=O)CC[C@]2(CO2)[C@H]1[C@@]1(C)O[C@@H]1CC=C(C)C.